The average Bonchev–Trinajstić information content (AvgIpc) is 2.46. The molecule has 4 nitrogen and oxygen atoms in total. The van der Waals surface area contributed by atoms with Gasteiger partial charge in [-0.3, -0.25) is 4.79 Å². The van der Waals surface area contributed by atoms with Gasteiger partial charge in [-0.15, -0.1) is 0 Å². The quantitative estimate of drug-likeness (QED) is 0.780. The summed E-state index contributed by atoms with van der Waals surface area (Å²) in [4.78, 5) is 14.9. The predicted octanol–water partition coefficient (Wildman–Crippen LogP) is 1.40. The van der Waals surface area contributed by atoms with Crippen molar-refractivity contribution in [2.75, 3.05) is 26.2 Å². The first-order chi connectivity index (χ1) is 9.25. The highest BCUT2D eigenvalue weighted by Crippen LogP contribution is 2.30. The first kappa shape index (κ1) is 13.4. The Labute approximate surface area is 115 Å². The highest BCUT2D eigenvalue weighted by Gasteiger charge is 2.39. The highest BCUT2D eigenvalue weighted by atomic mass is 16.5. The molecule has 4 atom stereocenters. The van der Waals surface area contributed by atoms with Crippen molar-refractivity contribution < 1.29 is 9.53 Å². The molecule has 0 radical (unpaired) electrons. The fourth-order valence-electron chi connectivity index (χ4n) is 3.95. The molecular formula is C15H26N2O2. The Bertz CT molecular complexity index is 332. The van der Waals surface area contributed by atoms with Crippen LogP contribution < -0.4 is 5.32 Å². The number of nitrogens with one attached hydrogen (secondary N) is 1. The van der Waals surface area contributed by atoms with Gasteiger partial charge >= 0.3 is 0 Å². The maximum Gasteiger partial charge on any atom is 0.227 e. The van der Waals surface area contributed by atoms with Gasteiger partial charge in [-0.2, -0.15) is 0 Å². The summed E-state index contributed by atoms with van der Waals surface area (Å²) in [6.07, 6.45) is 6.11. The van der Waals surface area contributed by atoms with Gasteiger partial charge in [0.25, 0.3) is 0 Å². The largest absolute Gasteiger partial charge is 0.374 e. The average molecular weight is 266 g/mol. The summed E-state index contributed by atoms with van der Waals surface area (Å²) in [7, 11) is 0. The van der Waals surface area contributed by atoms with Crippen LogP contribution in [0.5, 0.6) is 0 Å². The van der Waals surface area contributed by atoms with Gasteiger partial charge < -0.3 is 15.0 Å². The second-order valence-corrected chi connectivity index (χ2v) is 6.49. The van der Waals surface area contributed by atoms with Crippen LogP contribution in [0.3, 0.4) is 0 Å². The zero-order valence-electron chi connectivity index (χ0n) is 11.9. The molecule has 2 saturated heterocycles. The monoisotopic (exact) mass is 266 g/mol. The molecule has 3 aliphatic rings. The number of amides is 1. The Morgan fingerprint density at radius 1 is 1.26 bits per heavy atom. The topological polar surface area (TPSA) is 41.6 Å². The SMILES string of the molecule is CC1CNCC(C(=O)N2CCOC3CCCCC32)C1. The zero-order valence-corrected chi connectivity index (χ0v) is 11.9. The Kier molecular flexibility index (Phi) is 4.08. The molecule has 2 heterocycles. The van der Waals surface area contributed by atoms with Crippen molar-refractivity contribution in [3.63, 3.8) is 0 Å². The number of hydrogen-bond donors (Lipinski definition) is 1. The summed E-state index contributed by atoms with van der Waals surface area (Å²) in [6, 6.07) is 0.354. The molecule has 0 spiro atoms. The number of piperidine rings is 1. The normalized spacial score (nSPS) is 39.7. The van der Waals surface area contributed by atoms with Crippen LogP contribution in [0.4, 0.5) is 0 Å². The van der Waals surface area contributed by atoms with Crippen LogP contribution in [-0.2, 0) is 9.53 Å². The lowest BCUT2D eigenvalue weighted by molar-refractivity contribution is -0.154. The lowest BCUT2D eigenvalue weighted by atomic mass is 9.87. The van der Waals surface area contributed by atoms with E-state index in [1.165, 1.54) is 12.8 Å². The maximum atomic E-state index is 12.8. The Morgan fingerprint density at radius 3 is 2.95 bits per heavy atom. The zero-order chi connectivity index (χ0) is 13.2. The van der Waals surface area contributed by atoms with Crippen molar-refractivity contribution in [2.45, 2.75) is 51.2 Å². The molecule has 0 aromatic carbocycles. The Balaban J connectivity index is 1.67. The summed E-state index contributed by atoms with van der Waals surface area (Å²) in [5.74, 6) is 1.18. The van der Waals surface area contributed by atoms with E-state index in [4.69, 9.17) is 4.74 Å². The molecule has 1 aliphatic carbocycles. The molecule has 2 aliphatic heterocycles. The van der Waals surface area contributed by atoms with Crippen molar-refractivity contribution >= 4 is 5.91 Å². The van der Waals surface area contributed by atoms with Gasteiger partial charge in [0.1, 0.15) is 0 Å². The first-order valence-electron chi connectivity index (χ1n) is 7.88. The van der Waals surface area contributed by atoms with Gasteiger partial charge in [-0.05, 0) is 31.7 Å². The Morgan fingerprint density at radius 2 is 2.11 bits per heavy atom. The number of fused-ring (bicyclic) bond motifs is 1. The van der Waals surface area contributed by atoms with E-state index in [0.717, 1.165) is 45.5 Å². The van der Waals surface area contributed by atoms with Crippen molar-refractivity contribution in [2.24, 2.45) is 11.8 Å². The van der Waals surface area contributed by atoms with Crippen LogP contribution in [0.1, 0.15) is 39.0 Å². The minimum atomic E-state index is 0.185. The van der Waals surface area contributed by atoms with Crippen LogP contribution in [-0.4, -0.2) is 49.2 Å². The van der Waals surface area contributed by atoms with E-state index in [1.54, 1.807) is 0 Å². The first-order valence-corrected chi connectivity index (χ1v) is 7.88. The minimum absolute atomic E-state index is 0.185. The van der Waals surface area contributed by atoms with Crippen LogP contribution in [0.15, 0.2) is 0 Å². The molecule has 0 bridgehead atoms. The minimum Gasteiger partial charge on any atom is -0.374 e. The summed E-state index contributed by atoms with van der Waals surface area (Å²) < 4.78 is 5.86. The lowest BCUT2D eigenvalue weighted by Gasteiger charge is -2.45. The summed E-state index contributed by atoms with van der Waals surface area (Å²) in [5.41, 5.74) is 0. The summed E-state index contributed by atoms with van der Waals surface area (Å²) >= 11 is 0. The number of hydrogen-bond acceptors (Lipinski definition) is 3. The molecule has 3 rings (SSSR count). The third-order valence-electron chi connectivity index (χ3n) is 4.93. The highest BCUT2D eigenvalue weighted by molar-refractivity contribution is 5.79. The van der Waals surface area contributed by atoms with Crippen molar-refractivity contribution in [3.05, 3.63) is 0 Å². The number of rotatable bonds is 1. The Hall–Kier alpha value is -0.610. The number of carbonyl (C=O) groups excluding carboxylic acids is 1. The van der Waals surface area contributed by atoms with E-state index >= 15 is 0 Å². The van der Waals surface area contributed by atoms with Gasteiger partial charge in [-0.1, -0.05) is 19.8 Å². The van der Waals surface area contributed by atoms with Gasteiger partial charge in [0, 0.05) is 13.1 Å². The van der Waals surface area contributed by atoms with E-state index in [2.05, 4.69) is 17.1 Å². The predicted molar refractivity (Wildman–Crippen MR) is 73.8 cm³/mol. The lowest BCUT2D eigenvalue weighted by Crippen LogP contribution is -2.57. The second-order valence-electron chi connectivity index (χ2n) is 6.49. The molecule has 1 N–H and O–H groups in total. The van der Waals surface area contributed by atoms with Crippen LogP contribution >= 0.6 is 0 Å². The van der Waals surface area contributed by atoms with Gasteiger partial charge in [0.2, 0.25) is 5.91 Å². The second kappa shape index (κ2) is 5.80. The van der Waals surface area contributed by atoms with Crippen LogP contribution in [0, 0.1) is 11.8 Å². The number of carbonyl (C=O) groups is 1. The molecule has 1 amide bonds. The van der Waals surface area contributed by atoms with E-state index in [1.807, 2.05) is 0 Å². The molecule has 19 heavy (non-hydrogen) atoms. The van der Waals surface area contributed by atoms with E-state index in [-0.39, 0.29) is 5.92 Å². The smallest absolute Gasteiger partial charge is 0.227 e. The standard InChI is InChI=1S/C15H26N2O2/c1-11-8-12(10-16-9-11)15(18)17-6-7-19-14-5-3-2-4-13(14)17/h11-14,16H,2-10H2,1H3. The van der Waals surface area contributed by atoms with Crippen molar-refractivity contribution in [1.29, 1.82) is 0 Å². The molecule has 3 fully saturated rings. The van der Waals surface area contributed by atoms with Gasteiger partial charge in [-0.25, -0.2) is 0 Å². The molecule has 0 aromatic rings. The van der Waals surface area contributed by atoms with Crippen LogP contribution in [0.25, 0.3) is 0 Å². The van der Waals surface area contributed by atoms with Crippen LogP contribution in [0.2, 0.25) is 0 Å². The third-order valence-corrected chi connectivity index (χ3v) is 4.93. The van der Waals surface area contributed by atoms with Crippen molar-refractivity contribution in [1.82, 2.24) is 10.2 Å². The van der Waals surface area contributed by atoms with E-state index < -0.39 is 0 Å². The fraction of sp³-hybridized carbons (Fsp3) is 0.933. The number of morpholine rings is 1. The summed E-state index contributed by atoms with van der Waals surface area (Å²) in [6.45, 7) is 5.67. The summed E-state index contributed by atoms with van der Waals surface area (Å²) in [5, 5.41) is 3.40. The maximum absolute atomic E-state index is 12.8. The number of nitrogens with zero attached hydrogens (tertiary/aromatic N) is 1. The molecule has 4 unspecified atom stereocenters. The molecule has 4 heteroatoms. The van der Waals surface area contributed by atoms with Crippen molar-refractivity contribution in [3.8, 4) is 0 Å². The third kappa shape index (κ3) is 2.79. The van der Waals surface area contributed by atoms with E-state index in [0.29, 0.717) is 24.0 Å². The van der Waals surface area contributed by atoms with Gasteiger partial charge in [0.05, 0.1) is 24.7 Å². The fourth-order valence-corrected chi connectivity index (χ4v) is 3.95. The molecule has 1 saturated carbocycles. The molecule has 108 valence electrons. The molecular weight excluding hydrogens is 240 g/mol. The van der Waals surface area contributed by atoms with Gasteiger partial charge in [0.15, 0.2) is 0 Å². The number of ether oxygens (including phenoxy) is 1. The molecule has 0 aromatic heterocycles. The van der Waals surface area contributed by atoms with E-state index in [9.17, 15) is 4.79 Å².